The quantitative estimate of drug-likeness (QED) is 0.894. The molecular formula is C14H21ClN2O2. The number of halogens is 1. The van der Waals surface area contributed by atoms with Gasteiger partial charge in [0.05, 0.1) is 19.8 Å². The first-order valence-corrected chi connectivity index (χ1v) is 6.92. The fraction of sp³-hybridized carbons (Fsp3) is 0.571. The monoisotopic (exact) mass is 284 g/mol. The van der Waals surface area contributed by atoms with Crippen LogP contribution in [0, 0.1) is 0 Å². The van der Waals surface area contributed by atoms with Crippen LogP contribution in [-0.4, -0.2) is 51.4 Å². The average Bonchev–Trinajstić information content (AvgIpc) is 2.42. The van der Waals surface area contributed by atoms with Crippen molar-refractivity contribution < 1.29 is 9.47 Å². The maximum absolute atomic E-state index is 6.27. The number of nitrogens with zero attached hydrogens (tertiary/aromatic N) is 1. The van der Waals surface area contributed by atoms with Crippen LogP contribution in [0.3, 0.4) is 0 Å². The summed E-state index contributed by atoms with van der Waals surface area (Å²) in [5.74, 6) is 0.851. The van der Waals surface area contributed by atoms with Gasteiger partial charge >= 0.3 is 0 Å². The van der Waals surface area contributed by atoms with Gasteiger partial charge in [-0.05, 0) is 19.2 Å². The highest BCUT2D eigenvalue weighted by molar-refractivity contribution is 6.31. The molecule has 1 fully saturated rings. The van der Waals surface area contributed by atoms with Crippen LogP contribution in [0.2, 0.25) is 5.02 Å². The molecule has 0 bridgehead atoms. The molecule has 1 aromatic carbocycles. The molecule has 1 N–H and O–H groups in total. The third-order valence-corrected chi connectivity index (χ3v) is 3.69. The van der Waals surface area contributed by atoms with E-state index >= 15 is 0 Å². The number of ether oxygens (including phenoxy) is 2. The molecular weight excluding hydrogens is 264 g/mol. The number of likely N-dealkylation sites (N-methyl/N-ethyl adjacent to an activating group) is 1. The minimum Gasteiger partial charge on any atom is -0.496 e. The molecule has 5 heteroatoms. The summed E-state index contributed by atoms with van der Waals surface area (Å²) < 4.78 is 11.1. The van der Waals surface area contributed by atoms with E-state index in [0.717, 1.165) is 49.1 Å². The van der Waals surface area contributed by atoms with E-state index in [4.69, 9.17) is 21.1 Å². The maximum atomic E-state index is 6.27. The highest BCUT2D eigenvalue weighted by atomic mass is 35.5. The van der Waals surface area contributed by atoms with Gasteiger partial charge in [-0.1, -0.05) is 17.7 Å². The number of nitrogens with one attached hydrogen (secondary N) is 1. The predicted octanol–water partition coefficient (Wildman–Crippen LogP) is 1.77. The van der Waals surface area contributed by atoms with Crippen molar-refractivity contribution in [1.82, 2.24) is 10.2 Å². The van der Waals surface area contributed by atoms with Crippen LogP contribution < -0.4 is 10.1 Å². The van der Waals surface area contributed by atoms with Crippen LogP contribution in [0.4, 0.5) is 0 Å². The zero-order valence-corrected chi connectivity index (χ0v) is 12.2. The maximum Gasteiger partial charge on any atom is 0.124 e. The molecule has 1 heterocycles. The first kappa shape index (κ1) is 14.6. The molecule has 4 nitrogen and oxygen atoms in total. The van der Waals surface area contributed by atoms with E-state index in [1.807, 2.05) is 25.2 Å². The van der Waals surface area contributed by atoms with Crippen LogP contribution in [0.25, 0.3) is 0 Å². The first-order valence-electron chi connectivity index (χ1n) is 6.54. The van der Waals surface area contributed by atoms with E-state index in [-0.39, 0.29) is 6.10 Å². The Hall–Kier alpha value is -0.810. The van der Waals surface area contributed by atoms with Crippen LogP contribution in [0.5, 0.6) is 5.75 Å². The molecule has 1 aliphatic heterocycles. The molecule has 1 aliphatic rings. The lowest BCUT2D eigenvalue weighted by Gasteiger charge is -2.33. The van der Waals surface area contributed by atoms with Crippen molar-refractivity contribution in [1.29, 1.82) is 0 Å². The second-order valence-electron chi connectivity index (χ2n) is 4.71. The lowest BCUT2D eigenvalue weighted by atomic mass is 10.1. The summed E-state index contributed by atoms with van der Waals surface area (Å²) in [4.78, 5) is 2.36. The van der Waals surface area contributed by atoms with Gasteiger partial charge in [-0.3, -0.25) is 4.90 Å². The molecule has 0 aromatic heterocycles. The normalized spacial score (nSPS) is 20.5. The summed E-state index contributed by atoms with van der Waals surface area (Å²) in [6.07, 6.45) is 0.243. The SMILES string of the molecule is CNCC1CN(Cc2c(Cl)cccc2OC)CCO1. The van der Waals surface area contributed by atoms with Crippen LogP contribution >= 0.6 is 11.6 Å². The smallest absolute Gasteiger partial charge is 0.124 e. The van der Waals surface area contributed by atoms with Crippen molar-refractivity contribution in [3.63, 3.8) is 0 Å². The third-order valence-electron chi connectivity index (χ3n) is 3.33. The lowest BCUT2D eigenvalue weighted by molar-refractivity contribution is -0.0293. The Bertz CT molecular complexity index is 412. The average molecular weight is 285 g/mol. The predicted molar refractivity (Wildman–Crippen MR) is 76.9 cm³/mol. The fourth-order valence-corrected chi connectivity index (χ4v) is 2.61. The number of methoxy groups -OCH3 is 1. The highest BCUT2D eigenvalue weighted by Crippen LogP contribution is 2.28. The molecule has 2 rings (SSSR count). The Labute approximate surface area is 119 Å². The van der Waals surface area contributed by atoms with Crippen molar-refractivity contribution in [3.8, 4) is 5.75 Å². The Balaban J connectivity index is 2.04. The molecule has 0 aliphatic carbocycles. The summed E-state index contributed by atoms with van der Waals surface area (Å²) >= 11 is 6.27. The molecule has 1 unspecified atom stereocenters. The molecule has 106 valence electrons. The topological polar surface area (TPSA) is 33.7 Å². The van der Waals surface area contributed by atoms with Gasteiger partial charge in [0, 0.05) is 36.8 Å². The standard InChI is InChI=1S/C14H21ClN2O2/c1-16-8-11-9-17(6-7-19-11)10-12-13(15)4-3-5-14(12)18-2/h3-5,11,16H,6-10H2,1-2H3. The van der Waals surface area contributed by atoms with E-state index in [0.29, 0.717) is 0 Å². The van der Waals surface area contributed by atoms with Crippen LogP contribution in [-0.2, 0) is 11.3 Å². The van der Waals surface area contributed by atoms with E-state index in [2.05, 4.69) is 10.2 Å². The highest BCUT2D eigenvalue weighted by Gasteiger charge is 2.21. The van der Waals surface area contributed by atoms with E-state index in [1.54, 1.807) is 7.11 Å². The van der Waals surface area contributed by atoms with Crippen LogP contribution in [0.1, 0.15) is 5.56 Å². The molecule has 1 saturated heterocycles. The number of hydrogen-bond acceptors (Lipinski definition) is 4. The van der Waals surface area contributed by atoms with Gasteiger partial charge in [-0.2, -0.15) is 0 Å². The summed E-state index contributed by atoms with van der Waals surface area (Å²) in [6, 6.07) is 5.77. The Morgan fingerprint density at radius 1 is 1.53 bits per heavy atom. The van der Waals surface area contributed by atoms with Gasteiger partial charge in [-0.15, -0.1) is 0 Å². The molecule has 0 spiro atoms. The van der Waals surface area contributed by atoms with Gasteiger partial charge in [0.25, 0.3) is 0 Å². The van der Waals surface area contributed by atoms with Crippen molar-refractivity contribution in [3.05, 3.63) is 28.8 Å². The molecule has 1 aromatic rings. The second kappa shape index (κ2) is 7.10. The summed E-state index contributed by atoms with van der Waals surface area (Å²) in [5, 5.41) is 3.91. The zero-order valence-electron chi connectivity index (χ0n) is 11.5. The molecule has 0 radical (unpaired) electrons. The molecule has 0 saturated carbocycles. The summed E-state index contributed by atoms with van der Waals surface area (Å²) in [5.41, 5.74) is 1.05. The van der Waals surface area contributed by atoms with Crippen molar-refractivity contribution in [2.75, 3.05) is 40.4 Å². The van der Waals surface area contributed by atoms with E-state index in [1.165, 1.54) is 0 Å². The van der Waals surface area contributed by atoms with E-state index in [9.17, 15) is 0 Å². The Morgan fingerprint density at radius 3 is 3.11 bits per heavy atom. The number of morpholine rings is 1. The van der Waals surface area contributed by atoms with E-state index < -0.39 is 0 Å². The second-order valence-corrected chi connectivity index (χ2v) is 5.11. The zero-order chi connectivity index (χ0) is 13.7. The van der Waals surface area contributed by atoms with Gasteiger partial charge < -0.3 is 14.8 Å². The molecule has 19 heavy (non-hydrogen) atoms. The first-order chi connectivity index (χ1) is 9.24. The summed E-state index contributed by atoms with van der Waals surface area (Å²) in [6.45, 7) is 4.27. The Kier molecular flexibility index (Phi) is 5.45. The van der Waals surface area contributed by atoms with Crippen molar-refractivity contribution in [2.45, 2.75) is 12.6 Å². The number of hydrogen-bond donors (Lipinski definition) is 1. The number of benzene rings is 1. The fourth-order valence-electron chi connectivity index (χ4n) is 2.38. The lowest BCUT2D eigenvalue weighted by Crippen LogP contribution is -2.45. The van der Waals surface area contributed by atoms with Crippen LogP contribution in [0.15, 0.2) is 18.2 Å². The molecule has 0 amide bonds. The van der Waals surface area contributed by atoms with Gasteiger partial charge in [-0.25, -0.2) is 0 Å². The van der Waals surface area contributed by atoms with Gasteiger partial charge in [0.1, 0.15) is 5.75 Å². The van der Waals surface area contributed by atoms with Crippen molar-refractivity contribution in [2.24, 2.45) is 0 Å². The largest absolute Gasteiger partial charge is 0.496 e. The van der Waals surface area contributed by atoms with Gasteiger partial charge in [0.2, 0.25) is 0 Å². The Morgan fingerprint density at radius 2 is 2.37 bits per heavy atom. The third kappa shape index (κ3) is 3.83. The van der Waals surface area contributed by atoms with Gasteiger partial charge in [0.15, 0.2) is 0 Å². The summed E-state index contributed by atoms with van der Waals surface area (Å²) in [7, 11) is 3.62. The minimum absolute atomic E-state index is 0.243. The van der Waals surface area contributed by atoms with Crippen molar-refractivity contribution >= 4 is 11.6 Å². The minimum atomic E-state index is 0.243. The molecule has 1 atom stereocenters. The number of rotatable bonds is 5.